The molecule has 2 rings (SSSR count). The van der Waals surface area contributed by atoms with Crippen LogP contribution < -0.4 is 0 Å². The minimum atomic E-state index is -0.989. The van der Waals surface area contributed by atoms with Gasteiger partial charge < -0.3 is 9.84 Å². The summed E-state index contributed by atoms with van der Waals surface area (Å²) >= 11 is 0. The fourth-order valence-corrected chi connectivity index (χ4v) is 2.02. The van der Waals surface area contributed by atoms with Crippen molar-refractivity contribution in [1.82, 2.24) is 14.9 Å². The van der Waals surface area contributed by atoms with Gasteiger partial charge in [0.2, 0.25) is 0 Å². The first-order valence-electron chi connectivity index (χ1n) is 5.86. The first-order valence-corrected chi connectivity index (χ1v) is 5.86. The van der Waals surface area contributed by atoms with Gasteiger partial charge in [0.25, 0.3) is 0 Å². The second-order valence-corrected chi connectivity index (χ2v) is 4.97. The summed E-state index contributed by atoms with van der Waals surface area (Å²) in [6.45, 7) is 6.73. The molecule has 18 heavy (non-hydrogen) atoms. The SMILES string of the molecule is CC1(C)COCCN1Cc1ncncc1C(=O)O. The summed E-state index contributed by atoms with van der Waals surface area (Å²) in [5.41, 5.74) is 0.603. The Bertz CT molecular complexity index is 448. The number of hydrogen-bond acceptors (Lipinski definition) is 5. The molecule has 0 atom stereocenters. The Kier molecular flexibility index (Phi) is 3.58. The monoisotopic (exact) mass is 251 g/mol. The fraction of sp³-hybridized carbons (Fsp3) is 0.583. The van der Waals surface area contributed by atoms with E-state index in [4.69, 9.17) is 9.84 Å². The van der Waals surface area contributed by atoms with Crippen molar-refractivity contribution in [2.45, 2.75) is 25.9 Å². The zero-order chi connectivity index (χ0) is 13.2. The number of aromatic nitrogens is 2. The Labute approximate surface area is 106 Å². The first-order chi connectivity index (χ1) is 8.50. The lowest BCUT2D eigenvalue weighted by molar-refractivity contribution is -0.0559. The average molecular weight is 251 g/mol. The molecule has 0 unspecified atom stereocenters. The number of carboxylic acid groups (broad SMARTS) is 1. The van der Waals surface area contributed by atoms with Gasteiger partial charge in [0.05, 0.1) is 18.9 Å². The predicted molar refractivity (Wildman–Crippen MR) is 64.3 cm³/mol. The van der Waals surface area contributed by atoms with Crippen molar-refractivity contribution < 1.29 is 14.6 Å². The molecule has 2 heterocycles. The van der Waals surface area contributed by atoms with Gasteiger partial charge in [-0.05, 0) is 13.8 Å². The van der Waals surface area contributed by atoms with Crippen LogP contribution in [0.25, 0.3) is 0 Å². The zero-order valence-electron chi connectivity index (χ0n) is 10.6. The van der Waals surface area contributed by atoms with Crippen LogP contribution in [0.4, 0.5) is 0 Å². The van der Waals surface area contributed by atoms with Crippen LogP contribution in [-0.4, -0.2) is 51.2 Å². The van der Waals surface area contributed by atoms with Gasteiger partial charge in [-0.1, -0.05) is 0 Å². The van der Waals surface area contributed by atoms with Crippen molar-refractivity contribution in [2.24, 2.45) is 0 Å². The molecule has 1 aromatic rings. The lowest BCUT2D eigenvalue weighted by Crippen LogP contribution is -2.52. The van der Waals surface area contributed by atoms with Gasteiger partial charge in [-0.3, -0.25) is 4.90 Å². The molecule has 0 radical (unpaired) electrons. The van der Waals surface area contributed by atoms with Crippen molar-refractivity contribution >= 4 is 5.97 Å². The summed E-state index contributed by atoms with van der Waals surface area (Å²) in [6.07, 6.45) is 2.73. The maximum atomic E-state index is 11.1. The van der Waals surface area contributed by atoms with Crippen LogP contribution in [0.1, 0.15) is 29.9 Å². The van der Waals surface area contributed by atoms with Crippen LogP contribution in [0.5, 0.6) is 0 Å². The van der Waals surface area contributed by atoms with E-state index in [-0.39, 0.29) is 11.1 Å². The second-order valence-electron chi connectivity index (χ2n) is 4.97. The van der Waals surface area contributed by atoms with Crippen molar-refractivity contribution in [3.63, 3.8) is 0 Å². The molecule has 0 saturated carbocycles. The van der Waals surface area contributed by atoms with E-state index in [1.165, 1.54) is 12.5 Å². The quantitative estimate of drug-likeness (QED) is 0.855. The highest BCUT2D eigenvalue weighted by molar-refractivity contribution is 5.88. The van der Waals surface area contributed by atoms with Gasteiger partial charge in [-0.15, -0.1) is 0 Å². The Morgan fingerprint density at radius 1 is 1.61 bits per heavy atom. The van der Waals surface area contributed by atoms with Crippen LogP contribution in [-0.2, 0) is 11.3 Å². The van der Waals surface area contributed by atoms with Gasteiger partial charge in [0, 0.05) is 24.8 Å². The number of rotatable bonds is 3. The predicted octanol–water partition coefficient (Wildman–Crippen LogP) is 0.786. The number of morpholine rings is 1. The topological polar surface area (TPSA) is 75.5 Å². The van der Waals surface area contributed by atoms with Crippen LogP contribution in [0.2, 0.25) is 0 Å². The highest BCUT2D eigenvalue weighted by Crippen LogP contribution is 2.21. The largest absolute Gasteiger partial charge is 0.478 e. The molecule has 0 amide bonds. The van der Waals surface area contributed by atoms with E-state index in [1.807, 2.05) is 0 Å². The lowest BCUT2D eigenvalue weighted by Gasteiger charge is -2.42. The molecule has 1 N–H and O–H groups in total. The van der Waals surface area contributed by atoms with E-state index < -0.39 is 5.97 Å². The molecule has 0 aromatic carbocycles. The van der Waals surface area contributed by atoms with Crippen molar-refractivity contribution in [3.8, 4) is 0 Å². The molecule has 1 saturated heterocycles. The van der Waals surface area contributed by atoms with Crippen molar-refractivity contribution in [3.05, 3.63) is 23.8 Å². The number of hydrogen-bond donors (Lipinski definition) is 1. The smallest absolute Gasteiger partial charge is 0.339 e. The Morgan fingerprint density at radius 3 is 3.06 bits per heavy atom. The van der Waals surface area contributed by atoms with Gasteiger partial charge in [-0.2, -0.15) is 0 Å². The maximum absolute atomic E-state index is 11.1. The number of ether oxygens (including phenoxy) is 1. The van der Waals surface area contributed by atoms with Crippen LogP contribution in [0.3, 0.4) is 0 Å². The molecular weight excluding hydrogens is 234 g/mol. The standard InChI is InChI=1S/C12H17N3O3/c1-12(2)7-18-4-3-15(12)6-10-9(11(16)17)5-13-8-14-10/h5,8H,3-4,6-7H2,1-2H3,(H,16,17). The van der Waals surface area contributed by atoms with E-state index in [9.17, 15) is 4.79 Å². The molecule has 6 nitrogen and oxygen atoms in total. The highest BCUT2D eigenvalue weighted by Gasteiger charge is 2.31. The summed E-state index contributed by atoms with van der Waals surface area (Å²) in [5.74, 6) is -0.989. The Morgan fingerprint density at radius 2 is 2.39 bits per heavy atom. The van der Waals surface area contributed by atoms with Crippen LogP contribution in [0.15, 0.2) is 12.5 Å². The average Bonchev–Trinajstić information content (AvgIpc) is 2.32. The summed E-state index contributed by atoms with van der Waals surface area (Å²) in [6, 6.07) is 0. The Balaban J connectivity index is 2.21. The highest BCUT2D eigenvalue weighted by atomic mass is 16.5. The molecule has 0 spiro atoms. The summed E-state index contributed by atoms with van der Waals surface area (Å²) in [5, 5.41) is 9.10. The van der Waals surface area contributed by atoms with Gasteiger partial charge >= 0.3 is 5.97 Å². The van der Waals surface area contributed by atoms with Gasteiger partial charge in [-0.25, -0.2) is 14.8 Å². The van der Waals surface area contributed by atoms with E-state index in [0.717, 1.165) is 6.54 Å². The summed E-state index contributed by atoms with van der Waals surface area (Å²) in [7, 11) is 0. The first kappa shape index (κ1) is 12.9. The number of aromatic carboxylic acids is 1. The lowest BCUT2D eigenvalue weighted by atomic mass is 10.0. The minimum Gasteiger partial charge on any atom is -0.478 e. The Hall–Kier alpha value is -1.53. The summed E-state index contributed by atoms with van der Waals surface area (Å²) in [4.78, 5) is 21.1. The molecular formula is C12H17N3O3. The zero-order valence-corrected chi connectivity index (χ0v) is 10.6. The van der Waals surface area contributed by atoms with Crippen molar-refractivity contribution in [2.75, 3.05) is 19.8 Å². The number of carbonyl (C=O) groups is 1. The van der Waals surface area contributed by atoms with E-state index in [1.54, 1.807) is 0 Å². The third-order valence-corrected chi connectivity index (χ3v) is 3.18. The molecule has 0 aliphatic carbocycles. The third-order valence-electron chi connectivity index (χ3n) is 3.18. The number of nitrogens with zero attached hydrogens (tertiary/aromatic N) is 3. The van der Waals surface area contributed by atoms with Crippen molar-refractivity contribution in [1.29, 1.82) is 0 Å². The fourth-order valence-electron chi connectivity index (χ4n) is 2.02. The molecule has 1 aromatic heterocycles. The minimum absolute atomic E-state index is 0.112. The molecule has 98 valence electrons. The van der Waals surface area contributed by atoms with Crippen LogP contribution >= 0.6 is 0 Å². The van der Waals surface area contributed by atoms with E-state index in [0.29, 0.717) is 25.5 Å². The number of carboxylic acids is 1. The molecule has 0 bridgehead atoms. The molecule has 1 aliphatic heterocycles. The van der Waals surface area contributed by atoms with Crippen LogP contribution in [0, 0.1) is 0 Å². The van der Waals surface area contributed by atoms with E-state index >= 15 is 0 Å². The molecule has 1 aliphatic rings. The molecule has 1 fully saturated rings. The summed E-state index contributed by atoms with van der Waals surface area (Å²) < 4.78 is 5.44. The van der Waals surface area contributed by atoms with Gasteiger partial charge in [0.15, 0.2) is 0 Å². The maximum Gasteiger partial charge on any atom is 0.339 e. The molecule has 6 heteroatoms. The van der Waals surface area contributed by atoms with Gasteiger partial charge in [0.1, 0.15) is 11.9 Å². The van der Waals surface area contributed by atoms with E-state index in [2.05, 4.69) is 28.7 Å². The second kappa shape index (κ2) is 4.99. The normalized spacial score (nSPS) is 19.7. The third kappa shape index (κ3) is 2.65.